The van der Waals surface area contributed by atoms with E-state index in [1.807, 2.05) is 36.4 Å². The van der Waals surface area contributed by atoms with Gasteiger partial charge in [-0.1, -0.05) is 11.6 Å². The Kier molecular flexibility index (Phi) is 2.44. The molecule has 0 spiro atoms. The predicted octanol–water partition coefficient (Wildman–Crippen LogP) is 4.39. The Morgan fingerprint density at radius 2 is 2.10 bits per heavy atom. The molecule has 4 heteroatoms. The molecule has 3 nitrogen and oxygen atoms in total. The minimum Gasteiger partial charge on any atom is -0.497 e. The molecule has 1 aliphatic heterocycles. The Morgan fingerprint density at radius 3 is 2.95 bits per heavy atom. The fourth-order valence-corrected chi connectivity index (χ4v) is 2.88. The maximum Gasteiger partial charge on any atom is 0.129 e. The van der Waals surface area contributed by atoms with Gasteiger partial charge in [0.2, 0.25) is 0 Å². The molecule has 4 rings (SSSR count). The summed E-state index contributed by atoms with van der Waals surface area (Å²) in [7, 11) is 1.66. The number of rotatable bonds is 1. The molecule has 0 bridgehead atoms. The molecule has 2 aromatic carbocycles. The van der Waals surface area contributed by atoms with E-state index in [0.717, 1.165) is 44.2 Å². The highest BCUT2D eigenvalue weighted by molar-refractivity contribution is 6.31. The molecule has 1 aromatic heterocycles. The van der Waals surface area contributed by atoms with Gasteiger partial charge in [-0.2, -0.15) is 0 Å². The molecule has 0 unspecified atom stereocenters. The topological polar surface area (TPSA) is 34.2 Å². The molecule has 2 heterocycles. The molecule has 0 aliphatic carbocycles. The summed E-state index contributed by atoms with van der Waals surface area (Å²) in [5.41, 5.74) is 4.32. The van der Waals surface area contributed by atoms with E-state index in [1.54, 1.807) is 7.11 Å². The Bertz CT molecular complexity index is 823. The summed E-state index contributed by atoms with van der Waals surface area (Å²) in [6.45, 7) is 0.551. The van der Waals surface area contributed by atoms with Crippen molar-refractivity contribution in [2.75, 3.05) is 7.11 Å². The maximum atomic E-state index is 6.09. The normalized spacial score (nSPS) is 12.7. The van der Waals surface area contributed by atoms with Crippen LogP contribution in [0.25, 0.3) is 22.2 Å². The highest BCUT2D eigenvalue weighted by Crippen LogP contribution is 2.42. The van der Waals surface area contributed by atoms with Gasteiger partial charge in [0.05, 0.1) is 12.8 Å². The smallest absolute Gasteiger partial charge is 0.129 e. The van der Waals surface area contributed by atoms with Crippen LogP contribution < -0.4 is 9.47 Å². The van der Waals surface area contributed by atoms with Crippen molar-refractivity contribution < 1.29 is 9.47 Å². The van der Waals surface area contributed by atoms with Gasteiger partial charge in [0.1, 0.15) is 18.1 Å². The molecular formula is C16H12ClNO2. The summed E-state index contributed by atoms with van der Waals surface area (Å²) in [6.07, 6.45) is 0. The maximum absolute atomic E-state index is 6.09. The van der Waals surface area contributed by atoms with Crippen LogP contribution in [0.2, 0.25) is 5.02 Å². The number of methoxy groups -OCH3 is 1. The lowest BCUT2D eigenvalue weighted by Gasteiger charge is -2.18. The fraction of sp³-hybridized carbons (Fsp3) is 0.125. The van der Waals surface area contributed by atoms with Crippen LogP contribution in [0.4, 0.5) is 0 Å². The Hall–Kier alpha value is -2.13. The summed E-state index contributed by atoms with van der Waals surface area (Å²) in [5, 5.41) is 1.84. The molecule has 0 fully saturated rings. The second kappa shape index (κ2) is 4.18. The van der Waals surface area contributed by atoms with E-state index in [1.165, 1.54) is 0 Å². The first kappa shape index (κ1) is 11.7. The number of halogens is 1. The lowest BCUT2D eigenvalue weighted by molar-refractivity contribution is 0.303. The van der Waals surface area contributed by atoms with E-state index >= 15 is 0 Å². The van der Waals surface area contributed by atoms with E-state index in [2.05, 4.69) is 4.98 Å². The first-order valence-corrected chi connectivity index (χ1v) is 6.75. The third-order valence-electron chi connectivity index (χ3n) is 3.70. The molecule has 1 N–H and O–H groups in total. The van der Waals surface area contributed by atoms with Crippen molar-refractivity contribution in [1.82, 2.24) is 4.98 Å². The van der Waals surface area contributed by atoms with Crippen LogP contribution in [0.5, 0.6) is 11.5 Å². The number of ether oxygens (including phenoxy) is 2. The van der Waals surface area contributed by atoms with Gasteiger partial charge < -0.3 is 14.5 Å². The molecule has 0 atom stereocenters. The average molecular weight is 286 g/mol. The van der Waals surface area contributed by atoms with E-state index in [-0.39, 0.29) is 0 Å². The number of hydrogen-bond donors (Lipinski definition) is 1. The second-order valence-corrected chi connectivity index (χ2v) is 5.26. The standard InChI is InChI=1S/C16H12ClNO2/c1-19-10-3-5-15-12(7-10)16-13(8-20-15)11-6-9(17)2-4-14(11)18-16/h2-7,18H,8H2,1H3. The zero-order valence-electron chi connectivity index (χ0n) is 10.9. The molecule has 0 saturated carbocycles. The predicted molar refractivity (Wildman–Crippen MR) is 79.6 cm³/mol. The summed E-state index contributed by atoms with van der Waals surface area (Å²) in [6, 6.07) is 11.7. The first-order valence-electron chi connectivity index (χ1n) is 6.37. The number of benzene rings is 2. The van der Waals surface area contributed by atoms with Crippen LogP contribution in [-0.2, 0) is 6.61 Å². The molecule has 0 radical (unpaired) electrons. The van der Waals surface area contributed by atoms with Crippen molar-refractivity contribution in [3.63, 3.8) is 0 Å². The van der Waals surface area contributed by atoms with Crippen LogP contribution >= 0.6 is 11.6 Å². The van der Waals surface area contributed by atoms with Crippen LogP contribution in [0.3, 0.4) is 0 Å². The minimum absolute atomic E-state index is 0.551. The van der Waals surface area contributed by atoms with Crippen LogP contribution in [-0.4, -0.2) is 12.1 Å². The Labute approximate surface area is 121 Å². The van der Waals surface area contributed by atoms with Gasteiger partial charge in [-0.3, -0.25) is 0 Å². The van der Waals surface area contributed by atoms with Crippen molar-refractivity contribution in [2.45, 2.75) is 6.61 Å². The van der Waals surface area contributed by atoms with Gasteiger partial charge in [-0.05, 0) is 36.4 Å². The van der Waals surface area contributed by atoms with E-state index < -0.39 is 0 Å². The van der Waals surface area contributed by atoms with E-state index in [4.69, 9.17) is 21.1 Å². The van der Waals surface area contributed by atoms with Crippen molar-refractivity contribution in [3.05, 3.63) is 47.0 Å². The molecule has 100 valence electrons. The second-order valence-electron chi connectivity index (χ2n) is 4.82. The monoisotopic (exact) mass is 285 g/mol. The summed E-state index contributed by atoms with van der Waals surface area (Å²) >= 11 is 6.09. The van der Waals surface area contributed by atoms with Gasteiger partial charge in [0.25, 0.3) is 0 Å². The van der Waals surface area contributed by atoms with Gasteiger partial charge in [-0.25, -0.2) is 0 Å². The lowest BCUT2D eigenvalue weighted by Crippen LogP contribution is -2.04. The Balaban J connectivity index is 2.01. The quantitative estimate of drug-likeness (QED) is 0.719. The molecular weight excluding hydrogens is 274 g/mol. The average Bonchev–Trinajstić information content (AvgIpc) is 2.85. The number of aromatic amines is 1. The highest BCUT2D eigenvalue weighted by Gasteiger charge is 2.22. The molecule has 0 saturated heterocycles. The molecule has 0 amide bonds. The van der Waals surface area contributed by atoms with Crippen molar-refractivity contribution >= 4 is 22.5 Å². The third-order valence-corrected chi connectivity index (χ3v) is 3.93. The largest absolute Gasteiger partial charge is 0.497 e. The van der Waals surface area contributed by atoms with Crippen LogP contribution in [0.1, 0.15) is 5.56 Å². The Morgan fingerprint density at radius 1 is 1.20 bits per heavy atom. The van der Waals surface area contributed by atoms with Crippen LogP contribution in [0, 0.1) is 0 Å². The number of fused-ring (bicyclic) bond motifs is 5. The SMILES string of the molecule is COc1ccc2c(c1)-c1[nH]c3ccc(Cl)cc3c1CO2. The molecule has 1 aliphatic rings. The first-order chi connectivity index (χ1) is 9.76. The van der Waals surface area contributed by atoms with Gasteiger partial charge in [0.15, 0.2) is 0 Å². The minimum atomic E-state index is 0.551. The number of H-pyrrole nitrogens is 1. The van der Waals surface area contributed by atoms with Gasteiger partial charge >= 0.3 is 0 Å². The summed E-state index contributed by atoms with van der Waals surface area (Å²) < 4.78 is 11.1. The van der Waals surface area contributed by atoms with Crippen molar-refractivity contribution in [3.8, 4) is 22.8 Å². The lowest BCUT2D eigenvalue weighted by atomic mass is 10.0. The number of nitrogens with one attached hydrogen (secondary N) is 1. The van der Waals surface area contributed by atoms with Crippen LogP contribution in [0.15, 0.2) is 36.4 Å². The zero-order valence-corrected chi connectivity index (χ0v) is 11.6. The number of hydrogen-bond acceptors (Lipinski definition) is 2. The van der Waals surface area contributed by atoms with E-state index in [9.17, 15) is 0 Å². The molecule has 3 aromatic rings. The van der Waals surface area contributed by atoms with Gasteiger partial charge in [-0.15, -0.1) is 0 Å². The van der Waals surface area contributed by atoms with Crippen molar-refractivity contribution in [2.24, 2.45) is 0 Å². The molecule has 20 heavy (non-hydrogen) atoms. The highest BCUT2D eigenvalue weighted by atomic mass is 35.5. The van der Waals surface area contributed by atoms with Gasteiger partial charge in [0, 0.05) is 27.1 Å². The van der Waals surface area contributed by atoms with Crippen molar-refractivity contribution in [1.29, 1.82) is 0 Å². The third kappa shape index (κ3) is 1.60. The zero-order chi connectivity index (χ0) is 13.7. The van der Waals surface area contributed by atoms with E-state index in [0.29, 0.717) is 6.61 Å². The summed E-state index contributed by atoms with van der Waals surface area (Å²) in [4.78, 5) is 3.46. The fourth-order valence-electron chi connectivity index (χ4n) is 2.71. The number of aromatic nitrogens is 1. The summed E-state index contributed by atoms with van der Waals surface area (Å²) in [5.74, 6) is 1.69.